The van der Waals surface area contributed by atoms with Gasteiger partial charge in [-0.1, -0.05) is 59.3 Å². The van der Waals surface area contributed by atoms with E-state index < -0.39 is 31.6 Å². The summed E-state index contributed by atoms with van der Waals surface area (Å²) >= 11 is 3.60. The van der Waals surface area contributed by atoms with Gasteiger partial charge in [0.25, 0.3) is 5.91 Å². The predicted molar refractivity (Wildman–Crippen MR) is 192 cm³/mol. The number of aliphatic hydroxyl groups excluding tert-OH is 1. The molecule has 4 aliphatic heterocycles. The summed E-state index contributed by atoms with van der Waals surface area (Å²) in [5, 5.41) is 10.3. The number of carbonyl (C=O) groups excluding carboxylic acids is 3. The van der Waals surface area contributed by atoms with Crippen molar-refractivity contribution in [3.05, 3.63) is 93.5 Å². The first-order valence-corrected chi connectivity index (χ1v) is 21.0. The molecule has 8 nitrogen and oxygen atoms in total. The van der Waals surface area contributed by atoms with Crippen LogP contribution in [0.4, 0.5) is 15.5 Å². The van der Waals surface area contributed by atoms with Gasteiger partial charge in [-0.05, 0) is 79.4 Å². The summed E-state index contributed by atoms with van der Waals surface area (Å²) in [5.41, 5.74) is 3.17. The maximum absolute atomic E-state index is 16.4. The van der Waals surface area contributed by atoms with Crippen LogP contribution >= 0.6 is 15.9 Å². The zero-order chi connectivity index (χ0) is 34.7. The van der Waals surface area contributed by atoms with Crippen molar-refractivity contribution in [1.29, 1.82) is 0 Å². The molecule has 3 aromatic carbocycles. The Labute approximate surface area is 296 Å². The quantitative estimate of drug-likeness (QED) is 0.217. The van der Waals surface area contributed by atoms with E-state index in [0.29, 0.717) is 37.2 Å². The second-order valence-electron chi connectivity index (χ2n) is 14.5. The van der Waals surface area contributed by atoms with E-state index in [1.54, 1.807) is 22.9 Å². The molecule has 4 aliphatic rings. The first-order chi connectivity index (χ1) is 23.4. The van der Waals surface area contributed by atoms with E-state index in [-0.39, 0.29) is 43.3 Å². The van der Waals surface area contributed by atoms with Gasteiger partial charge in [-0.3, -0.25) is 14.4 Å². The van der Waals surface area contributed by atoms with Crippen molar-refractivity contribution in [2.75, 3.05) is 23.0 Å². The second-order valence-corrected chi connectivity index (χ2v) is 19.2. The van der Waals surface area contributed by atoms with Crippen LogP contribution in [0.25, 0.3) is 0 Å². The maximum atomic E-state index is 16.4. The third-order valence-electron chi connectivity index (χ3n) is 11.1. The number of fused-ring (bicyclic) bond motifs is 3. The summed E-state index contributed by atoms with van der Waals surface area (Å²) in [6, 6.07) is 21.0. The Kier molecular flexibility index (Phi) is 9.08. The number of rotatable bonds is 7. The number of aliphatic hydroxyl groups is 1. The molecule has 3 aromatic rings. The number of amides is 3. The number of carbonyl (C=O) groups is 3. The van der Waals surface area contributed by atoms with Crippen LogP contribution < -0.4 is 9.80 Å². The molecule has 7 rings (SSSR count). The van der Waals surface area contributed by atoms with Gasteiger partial charge in [0.2, 0.25) is 20.2 Å². The molecule has 49 heavy (non-hydrogen) atoms. The zero-order valence-electron chi connectivity index (χ0n) is 28.2. The molecule has 0 aliphatic carbocycles. The number of halogens is 2. The Morgan fingerprint density at radius 1 is 1.06 bits per heavy atom. The van der Waals surface area contributed by atoms with E-state index in [1.807, 2.05) is 78.6 Å². The molecule has 258 valence electrons. The minimum absolute atomic E-state index is 0.0803. The smallest absolute Gasteiger partial charge is 0.264 e. The van der Waals surface area contributed by atoms with Crippen LogP contribution in [0.3, 0.4) is 0 Å². The minimum Gasteiger partial charge on any atom is -0.394 e. The molecule has 4 heterocycles. The lowest BCUT2D eigenvalue weighted by Crippen LogP contribution is -2.48. The van der Waals surface area contributed by atoms with Crippen molar-refractivity contribution in [2.45, 2.75) is 88.5 Å². The second kappa shape index (κ2) is 13.1. The SMILES string of the molecule is C[C@@H]1[C@@H]([Si](C)(C)F)[C@H](CC(=O)N2Cc3ccccc3C[C@H]2CO)O[C@@]12C(=O)N(Cc1ccc(N3CCCCC3=O)cc1)c1ccc(Br)cc12. The van der Waals surface area contributed by atoms with Crippen LogP contribution in [-0.4, -0.2) is 61.4 Å². The van der Waals surface area contributed by atoms with Crippen molar-refractivity contribution in [3.63, 3.8) is 0 Å². The van der Waals surface area contributed by atoms with E-state index in [9.17, 15) is 19.5 Å². The summed E-state index contributed by atoms with van der Waals surface area (Å²) in [5.74, 6) is -0.885. The molecule has 3 amide bonds. The van der Waals surface area contributed by atoms with E-state index in [2.05, 4.69) is 15.9 Å². The van der Waals surface area contributed by atoms with E-state index >= 15 is 4.11 Å². The molecule has 0 saturated carbocycles. The Hall–Kier alpha value is -3.38. The molecule has 0 radical (unpaired) electrons. The number of ether oxygens (including phenoxy) is 1. The molecule has 2 fully saturated rings. The molecular formula is C38H43BrFN3O5Si. The van der Waals surface area contributed by atoms with Crippen LogP contribution in [-0.2, 0) is 44.2 Å². The van der Waals surface area contributed by atoms with Gasteiger partial charge in [0.15, 0.2) is 5.60 Å². The molecule has 0 unspecified atom stereocenters. The normalized spacial score (nSPS) is 26.8. The van der Waals surface area contributed by atoms with Gasteiger partial charge < -0.3 is 28.7 Å². The third kappa shape index (κ3) is 5.96. The standard InChI is InChI=1S/C38H43BrFN3O5Si/c1-24-36(49(2,3)40)33(20-35(46)42-22-27-9-5-4-8-26(27)18-30(42)23-44)48-38(24)31-19-28(39)13-16-32(31)43(37(38)47)21-25-11-14-29(15-12-25)41-17-7-6-10-34(41)45/h4-5,8-9,11-16,19,24,30,33,36,44H,6-7,10,17-18,20-23H2,1-3H3/t24-,30+,33+,36-,38+/m1/s1. The first kappa shape index (κ1) is 34.1. The fraction of sp³-hybridized carbons (Fsp3) is 0.447. The van der Waals surface area contributed by atoms with Crippen LogP contribution in [0.2, 0.25) is 18.6 Å². The highest BCUT2D eigenvalue weighted by Gasteiger charge is 2.67. The first-order valence-electron chi connectivity index (χ1n) is 17.3. The molecule has 1 spiro atoms. The molecule has 0 bridgehead atoms. The van der Waals surface area contributed by atoms with Crippen molar-refractivity contribution in [2.24, 2.45) is 5.92 Å². The van der Waals surface area contributed by atoms with E-state index in [0.717, 1.165) is 39.7 Å². The van der Waals surface area contributed by atoms with Gasteiger partial charge in [-0.15, -0.1) is 0 Å². The van der Waals surface area contributed by atoms with Gasteiger partial charge in [0.1, 0.15) is 0 Å². The Bertz CT molecular complexity index is 1780. The molecular weight excluding hydrogens is 705 g/mol. The van der Waals surface area contributed by atoms with E-state index in [1.165, 1.54) is 0 Å². The Balaban J connectivity index is 1.19. The van der Waals surface area contributed by atoms with Gasteiger partial charge in [0.05, 0.1) is 37.4 Å². The highest BCUT2D eigenvalue weighted by Crippen LogP contribution is 2.60. The molecule has 11 heteroatoms. The lowest BCUT2D eigenvalue weighted by atomic mass is 9.82. The number of piperidine rings is 1. The highest BCUT2D eigenvalue weighted by atomic mass is 79.9. The number of nitrogens with zero attached hydrogens (tertiary/aromatic N) is 3. The summed E-state index contributed by atoms with van der Waals surface area (Å²) in [6.07, 6.45) is 2.09. The van der Waals surface area contributed by atoms with Crippen molar-refractivity contribution in [1.82, 2.24) is 4.90 Å². The number of hydrogen-bond acceptors (Lipinski definition) is 5. The summed E-state index contributed by atoms with van der Waals surface area (Å²) in [6.45, 7) is 6.33. The maximum Gasteiger partial charge on any atom is 0.264 e. The number of anilines is 2. The third-order valence-corrected chi connectivity index (χ3v) is 14.0. The Morgan fingerprint density at radius 3 is 2.49 bits per heavy atom. The Morgan fingerprint density at radius 2 is 1.80 bits per heavy atom. The lowest BCUT2D eigenvalue weighted by molar-refractivity contribution is -0.151. The minimum atomic E-state index is -3.49. The van der Waals surface area contributed by atoms with Crippen molar-refractivity contribution in [3.8, 4) is 0 Å². The van der Waals surface area contributed by atoms with E-state index in [4.69, 9.17) is 4.74 Å². The van der Waals surface area contributed by atoms with Gasteiger partial charge in [-0.2, -0.15) is 0 Å². The lowest BCUT2D eigenvalue weighted by Gasteiger charge is -2.37. The summed E-state index contributed by atoms with van der Waals surface area (Å²) < 4.78 is 24.1. The largest absolute Gasteiger partial charge is 0.394 e. The van der Waals surface area contributed by atoms with Crippen LogP contribution in [0.15, 0.2) is 71.2 Å². The average molecular weight is 749 g/mol. The molecule has 0 aromatic heterocycles. The van der Waals surface area contributed by atoms with Gasteiger partial charge in [-0.25, -0.2) is 0 Å². The molecule has 1 N–H and O–H groups in total. The zero-order valence-corrected chi connectivity index (χ0v) is 30.8. The molecule has 2 saturated heterocycles. The average Bonchev–Trinajstić information content (AvgIpc) is 3.50. The fourth-order valence-corrected chi connectivity index (χ4v) is 11.6. The number of hydrogen-bond donors (Lipinski definition) is 1. The highest BCUT2D eigenvalue weighted by molar-refractivity contribution is 9.10. The molecule has 5 atom stereocenters. The summed E-state index contributed by atoms with van der Waals surface area (Å²) in [7, 11) is -3.49. The summed E-state index contributed by atoms with van der Waals surface area (Å²) in [4.78, 5) is 46.6. The number of benzene rings is 3. The van der Waals surface area contributed by atoms with Crippen LogP contribution in [0.1, 0.15) is 54.9 Å². The van der Waals surface area contributed by atoms with Gasteiger partial charge in [0, 0.05) is 46.7 Å². The topological polar surface area (TPSA) is 90.4 Å². The fourth-order valence-electron chi connectivity index (χ4n) is 8.75. The predicted octanol–water partition coefficient (Wildman–Crippen LogP) is 6.62. The van der Waals surface area contributed by atoms with Crippen LogP contribution in [0, 0.1) is 5.92 Å². The monoisotopic (exact) mass is 747 g/mol. The van der Waals surface area contributed by atoms with Gasteiger partial charge >= 0.3 is 0 Å². The van der Waals surface area contributed by atoms with Crippen molar-refractivity contribution >= 4 is 53.4 Å². The van der Waals surface area contributed by atoms with Crippen LogP contribution in [0.5, 0.6) is 0 Å². The van der Waals surface area contributed by atoms with Crippen molar-refractivity contribution < 1.29 is 28.3 Å².